The van der Waals surface area contributed by atoms with Crippen molar-refractivity contribution in [3.05, 3.63) is 48.2 Å². The summed E-state index contributed by atoms with van der Waals surface area (Å²) in [6.45, 7) is 3.45. The number of hydrogen-bond acceptors (Lipinski definition) is 4. The molecule has 24 heavy (non-hydrogen) atoms. The minimum Gasteiger partial charge on any atom is -0.381 e. The number of nitrogens with zero attached hydrogens (tertiary/aromatic N) is 3. The molecule has 1 atom stereocenters. The van der Waals surface area contributed by atoms with E-state index in [2.05, 4.69) is 22.5 Å². The van der Waals surface area contributed by atoms with E-state index in [1.807, 2.05) is 40.9 Å². The minimum absolute atomic E-state index is 0.0298. The van der Waals surface area contributed by atoms with Crippen LogP contribution in [0.3, 0.4) is 0 Å². The van der Waals surface area contributed by atoms with Crippen molar-refractivity contribution in [3.8, 4) is 0 Å². The van der Waals surface area contributed by atoms with Crippen LogP contribution in [-0.2, 0) is 22.6 Å². The number of amides is 1. The van der Waals surface area contributed by atoms with E-state index in [9.17, 15) is 4.79 Å². The van der Waals surface area contributed by atoms with E-state index in [1.165, 1.54) is 5.56 Å². The molecule has 2 aromatic rings. The lowest BCUT2D eigenvalue weighted by molar-refractivity contribution is -0.117. The maximum absolute atomic E-state index is 12.3. The van der Waals surface area contributed by atoms with Crippen molar-refractivity contribution in [2.75, 3.05) is 32.1 Å². The Balaban J connectivity index is 1.50. The van der Waals surface area contributed by atoms with Crippen LogP contribution in [0.1, 0.15) is 12.0 Å². The summed E-state index contributed by atoms with van der Waals surface area (Å²) in [5, 5.41) is 7.27. The molecule has 3 rings (SSSR count). The molecular weight excluding hydrogens is 304 g/mol. The summed E-state index contributed by atoms with van der Waals surface area (Å²) < 4.78 is 7.26. The number of likely N-dealkylation sites (N-methyl/N-ethyl adjacent to an activating group) is 1. The molecule has 1 fully saturated rings. The van der Waals surface area contributed by atoms with Crippen molar-refractivity contribution in [2.24, 2.45) is 5.92 Å². The number of rotatable bonds is 7. The second-order valence-corrected chi connectivity index (χ2v) is 6.33. The van der Waals surface area contributed by atoms with Gasteiger partial charge in [0.1, 0.15) is 5.82 Å². The van der Waals surface area contributed by atoms with Crippen molar-refractivity contribution >= 4 is 11.7 Å². The zero-order valence-electron chi connectivity index (χ0n) is 14.0. The summed E-state index contributed by atoms with van der Waals surface area (Å²) in [5.41, 5.74) is 1.19. The Morgan fingerprint density at radius 3 is 2.96 bits per heavy atom. The lowest BCUT2D eigenvalue weighted by Crippen LogP contribution is -2.30. The smallest absolute Gasteiger partial charge is 0.239 e. The fourth-order valence-corrected chi connectivity index (χ4v) is 2.93. The first-order valence-corrected chi connectivity index (χ1v) is 8.32. The molecule has 0 saturated carbocycles. The van der Waals surface area contributed by atoms with E-state index < -0.39 is 0 Å². The van der Waals surface area contributed by atoms with Crippen molar-refractivity contribution in [1.29, 1.82) is 0 Å². The summed E-state index contributed by atoms with van der Waals surface area (Å²) in [6, 6.07) is 12.0. The maximum Gasteiger partial charge on any atom is 0.239 e. The molecule has 1 aromatic heterocycles. The van der Waals surface area contributed by atoms with Crippen LogP contribution in [0, 0.1) is 5.92 Å². The van der Waals surface area contributed by atoms with E-state index >= 15 is 0 Å². The molecule has 1 aromatic carbocycles. The summed E-state index contributed by atoms with van der Waals surface area (Å²) in [4.78, 5) is 14.3. The van der Waals surface area contributed by atoms with Gasteiger partial charge in [-0.3, -0.25) is 9.69 Å². The maximum atomic E-state index is 12.3. The quantitative estimate of drug-likeness (QED) is 0.844. The summed E-state index contributed by atoms with van der Waals surface area (Å²) in [6.07, 6.45) is 2.77. The molecule has 1 saturated heterocycles. The fraction of sp³-hybridized carbons (Fsp3) is 0.444. The summed E-state index contributed by atoms with van der Waals surface area (Å²) in [7, 11) is 1.94. The normalized spacial score (nSPS) is 17.3. The molecule has 0 radical (unpaired) electrons. The van der Waals surface area contributed by atoms with Gasteiger partial charge in [0.25, 0.3) is 0 Å². The minimum atomic E-state index is -0.0298. The van der Waals surface area contributed by atoms with E-state index in [1.54, 1.807) is 6.20 Å². The Morgan fingerprint density at radius 2 is 2.21 bits per heavy atom. The highest BCUT2D eigenvalue weighted by molar-refractivity contribution is 5.91. The first-order valence-electron chi connectivity index (χ1n) is 8.32. The van der Waals surface area contributed by atoms with Crippen LogP contribution in [0.15, 0.2) is 42.6 Å². The van der Waals surface area contributed by atoms with Crippen molar-refractivity contribution < 1.29 is 9.53 Å². The Labute approximate surface area is 142 Å². The van der Waals surface area contributed by atoms with Gasteiger partial charge in [0.05, 0.1) is 19.3 Å². The Hall–Kier alpha value is -2.18. The second-order valence-electron chi connectivity index (χ2n) is 6.33. The van der Waals surface area contributed by atoms with E-state index in [-0.39, 0.29) is 5.91 Å². The molecule has 0 bridgehead atoms. The molecule has 0 spiro atoms. The van der Waals surface area contributed by atoms with Gasteiger partial charge in [0.15, 0.2) is 0 Å². The molecular formula is C18H24N4O2. The van der Waals surface area contributed by atoms with Crippen LogP contribution < -0.4 is 5.32 Å². The predicted molar refractivity (Wildman–Crippen MR) is 92.6 cm³/mol. The van der Waals surface area contributed by atoms with Crippen molar-refractivity contribution in [3.63, 3.8) is 0 Å². The van der Waals surface area contributed by atoms with Gasteiger partial charge in [-0.15, -0.1) is 0 Å². The molecule has 1 aliphatic heterocycles. The first kappa shape index (κ1) is 16.7. The zero-order valence-corrected chi connectivity index (χ0v) is 14.0. The SMILES string of the molecule is CN(CC(=O)Nc1ccnn1CC1CCOC1)Cc1ccccc1. The molecule has 1 aliphatic rings. The van der Waals surface area contributed by atoms with Gasteiger partial charge in [-0.1, -0.05) is 30.3 Å². The van der Waals surface area contributed by atoms with E-state index in [4.69, 9.17) is 4.74 Å². The topological polar surface area (TPSA) is 59.4 Å². The monoisotopic (exact) mass is 328 g/mol. The Morgan fingerprint density at radius 1 is 1.38 bits per heavy atom. The third kappa shape index (κ3) is 4.66. The molecule has 1 unspecified atom stereocenters. The zero-order chi connectivity index (χ0) is 16.8. The lowest BCUT2D eigenvalue weighted by atomic mass is 10.1. The van der Waals surface area contributed by atoms with Crippen LogP contribution in [-0.4, -0.2) is 47.4 Å². The number of carbonyl (C=O) groups is 1. The molecule has 128 valence electrons. The van der Waals surface area contributed by atoms with Gasteiger partial charge in [-0.25, -0.2) is 4.68 Å². The number of nitrogens with one attached hydrogen (secondary N) is 1. The Bertz CT molecular complexity index is 650. The first-order chi connectivity index (χ1) is 11.7. The van der Waals surface area contributed by atoms with Crippen LogP contribution >= 0.6 is 0 Å². The highest BCUT2D eigenvalue weighted by Gasteiger charge is 2.18. The second kappa shape index (κ2) is 8.08. The number of ether oxygens (including phenoxy) is 1. The number of hydrogen-bond donors (Lipinski definition) is 1. The average Bonchev–Trinajstić information content (AvgIpc) is 3.21. The molecule has 6 nitrogen and oxygen atoms in total. The molecule has 1 amide bonds. The van der Waals surface area contributed by atoms with E-state index in [0.717, 1.165) is 38.5 Å². The van der Waals surface area contributed by atoms with Crippen molar-refractivity contribution in [2.45, 2.75) is 19.5 Å². The fourth-order valence-electron chi connectivity index (χ4n) is 2.93. The van der Waals surface area contributed by atoms with Crippen LogP contribution in [0.5, 0.6) is 0 Å². The van der Waals surface area contributed by atoms with Gasteiger partial charge in [-0.2, -0.15) is 5.10 Å². The van der Waals surface area contributed by atoms with Crippen LogP contribution in [0.2, 0.25) is 0 Å². The summed E-state index contributed by atoms with van der Waals surface area (Å²) >= 11 is 0. The number of carbonyl (C=O) groups excluding carboxylic acids is 1. The van der Waals surface area contributed by atoms with Gasteiger partial charge in [0.2, 0.25) is 5.91 Å². The highest BCUT2D eigenvalue weighted by Crippen LogP contribution is 2.17. The third-order valence-corrected chi connectivity index (χ3v) is 4.15. The van der Waals surface area contributed by atoms with Crippen LogP contribution in [0.25, 0.3) is 0 Å². The Kier molecular flexibility index (Phi) is 5.61. The molecule has 0 aliphatic carbocycles. The average molecular weight is 328 g/mol. The van der Waals surface area contributed by atoms with Crippen LogP contribution in [0.4, 0.5) is 5.82 Å². The van der Waals surface area contributed by atoms with Gasteiger partial charge in [0, 0.05) is 31.7 Å². The predicted octanol–water partition coefficient (Wildman–Crippen LogP) is 1.99. The number of anilines is 1. The highest BCUT2D eigenvalue weighted by atomic mass is 16.5. The van der Waals surface area contributed by atoms with Gasteiger partial charge in [-0.05, 0) is 19.0 Å². The summed E-state index contributed by atoms with van der Waals surface area (Å²) in [5.74, 6) is 1.19. The molecule has 1 N–H and O–H groups in total. The van der Waals surface area contributed by atoms with Gasteiger partial charge < -0.3 is 10.1 Å². The molecule has 2 heterocycles. The number of benzene rings is 1. The van der Waals surface area contributed by atoms with Gasteiger partial charge >= 0.3 is 0 Å². The number of aromatic nitrogens is 2. The largest absolute Gasteiger partial charge is 0.381 e. The third-order valence-electron chi connectivity index (χ3n) is 4.15. The van der Waals surface area contributed by atoms with Crippen molar-refractivity contribution in [1.82, 2.24) is 14.7 Å². The molecule has 6 heteroatoms. The lowest BCUT2D eigenvalue weighted by Gasteiger charge is -2.17. The standard InChI is InChI=1S/C18H24N4O2/c1-21(11-15-5-3-2-4-6-15)13-18(23)20-17-7-9-19-22(17)12-16-8-10-24-14-16/h2-7,9,16H,8,10-14H2,1H3,(H,20,23). The van der Waals surface area contributed by atoms with E-state index in [0.29, 0.717) is 12.5 Å².